The Hall–Kier alpha value is -4.02. The molecule has 3 heterocycles. The van der Waals surface area contributed by atoms with Gasteiger partial charge in [-0.1, -0.05) is 11.6 Å². The van der Waals surface area contributed by atoms with Crippen molar-refractivity contribution in [3.63, 3.8) is 0 Å². The summed E-state index contributed by atoms with van der Waals surface area (Å²) in [5.74, 6) is 2.19. The van der Waals surface area contributed by atoms with Gasteiger partial charge in [-0.05, 0) is 50.4 Å². The number of halogens is 1. The molecule has 0 atom stereocenters. The monoisotopic (exact) mass is 549 g/mol. The summed E-state index contributed by atoms with van der Waals surface area (Å²) >= 11 is 6.68. The average molecular weight is 550 g/mol. The molecule has 0 bridgehead atoms. The van der Waals surface area contributed by atoms with Crippen molar-refractivity contribution in [2.75, 3.05) is 69.5 Å². The molecule has 0 spiro atoms. The van der Waals surface area contributed by atoms with Crippen molar-refractivity contribution in [1.29, 1.82) is 0 Å². The first-order chi connectivity index (χ1) is 19.0. The number of benzene rings is 2. The fraction of sp³-hybridized carbons (Fsp3) is 0.321. The van der Waals surface area contributed by atoms with Gasteiger partial charge in [0.05, 0.1) is 24.9 Å². The summed E-state index contributed by atoms with van der Waals surface area (Å²) in [7, 11) is 5.35. The smallest absolute Gasteiger partial charge is 0.295 e. The normalized spacial score (nSPS) is 13.8. The fourth-order valence-corrected chi connectivity index (χ4v) is 4.72. The minimum Gasteiger partial charge on any atom is -0.497 e. The van der Waals surface area contributed by atoms with Gasteiger partial charge in [-0.3, -0.25) is 0 Å². The SMILES string of the molecule is CCNc1nc(-c2cc(OC)cc(OC)c2)c(-c2ccnc(Nc3ccc(N4CCN(C)CC4)c(Cl)c3)n2)o1. The summed E-state index contributed by atoms with van der Waals surface area (Å²) in [5.41, 5.74) is 3.77. The van der Waals surface area contributed by atoms with Crippen LogP contribution in [0.15, 0.2) is 53.1 Å². The van der Waals surface area contributed by atoms with Crippen molar-refractivity contribution in [1.82, 2.24) is 19.9 Å². The van der Waals surface area contributed by atoms with E-state index in [1.54, 1.807) is 32.5 Å². The highest BCUT2D eigenvalue weighted by atomic mass is 35.5. The van der Waals surface area contributed by atoms with Crippen LogP contribution in [0.2, 0.25) is 5.02 Å². The van der Waals surface area contributed by atoms with Crippen molar-refractivity contribution in [3.8, 4) is 34.2 Å². The Morgan fingerprint density at radius 1 is 0.974 bits per heavy atom. The molecule has 1 fully saturated rings. The van der Waals surface area contributed by atoms with E-state index in [0.717, 1.165) is 43.1 Å². The highest BCUT2D eigenvalue weighted by Crippen LogP contribution is 2.37. The third-order valence-electron chi connectivity index (χ3n) is 6.52. The number of aromatic nitrogens is 3. The molecule has 1 aliphatic heterocycles. The molecule has 11 heteroatoms. The van der Waals surface area contributed by atoms with Crippen LogP contribution in [-0.4, -0.2) is 73.8 Å². The van der Waals surface area contributed by atoms with Crippen LogP contribution in [0.1, 0.15) is 6.92 Å². The topological polar surface area (TPSA) is 101 Å². The molecular weight excluding hydrogens is 518 g/mol. The van der Waals surface area contributed by atoms with Crippen LogP contribution >= 0.6 is 11.6 Å². The standard InChI is InChI=1S/C28H32ClN7O3/c1-5-30-28-34-25(18-14-20(37-3)17-21(15-18)38-4)26(39-28)23-8-9-31-27(33-23)32-19-6-7-24(22(29)16-19)36-12-10-35(2)11-13-36/h6-9,14-17H,5,10-13H2,1-4H3,(H,30,34)(H,31,32,33). The summed E-state index contributed by atoms with van der Waals surface area (Å²) in [5, 5.41) is 7.09. The Morgan fingerprint density at radius 2 is 1.72 bits per heavy atom. The molecule has 204 valence electrons. The van der Waals surface area contributed by atoms with Crippen LogP contribution in [0.5, 0.6) is 11.5 Å². The number of anilines is 4. The van der Waals surface area contributed by atoms with Gasteiger partial charge in [0.15, 0.2) is 5.76 Å². The highest BCUT2D eigenvalue weighted by Gasteiger charge is 2.21. The van der Waals surface area contributed by atoms with Crippen LogP contribution in [0, 0.1) is 0 Å². The van der Waals surface area contributed by atoms with E-state index in [4.69, 9.17) is 30.5 Å². The highest BCUT2D eigenvalue weighted by molar-refractivity contribution is 6.33. The summed E-state index contributed by atoms with van der Waals surface area (Å²) in [6.45, 7) is 6.55. The minimum absolute atomic E-state index is 0.392. The van der Waals surface area contributed by atoms with Gasteiger partial charge in [0.25, 0.3) is 6.01 Å². The Balaban J connectivity index is 1.44. The molecule has 39 heavy (non-hydrogen) atoms. The van der Waals surface area contributed by atoms with Gasteiger partial charge in [0.1, 0.15) is 22.9 Å². The minimum atomic E-state index is 0.392. The average Bonchev–Trinajstić information content (AvgIpc) is 3.38. The number of hydrogen-bond donors (Lipinski definition) is 2. The summed E-state index contributed by atoms with van der Waals surface area (Å²) < 4.78 is 17.0. The van der Waals surface area contributed by atoms with E-state index in [1.807, 2.05) is 37.3 Å². The zero-order valence-corrected chi connectivity index (χ0v) is 23.2. The molecule has 0 unspecified atom stereocenters. The first-order valence-corrected chi connectivity index (χ1v) is 13.2. The maximum absolute atomic E-state index is 6.68. The molecule has 2 N–H and O–H groups in total. The number of rotatable bonds is 9. The van der Waals surface area contributed by atoms with E-state index in [2.05, 4.69) is 37.4 Å². The number of likely N-dealkylation sites (N-methyl/N-ethyl adjacent to an activating group) is 1. The second-order valence-electron chi connectivity index (χ2n) is 9.18. The molecule has 2 aromatic carbocycles. The molecule has 0 saturated carbocycles. The van der Waals surface area contributed by atoms with E-state index in [9.17, 15) is 0 Å². The number of nitrogens with one attached hydrogen (secondary N) is 2. The lowest BCUT2D eigenvalue weighted by Gasteiger charge is -2.34. The quantitative estimate of drug-likeness (QED) is 0.282. The predicted octanol–water partition coefficient (Wildman–Crippen LogP) is 5.40. The third kappa shape index (κ3) is 6.02. The maximum atomic E-state index is 6.68. The van der Waals surface area contributed by atoms with Gasteiger partial charge in [0, 0.05) is 56.2 Å². The molecule has 1 aliphatic rings. The molecule has 4 aromatic rings. The second kappa shape index (κ2) is 11.8. The lowest BCUT2D eigenvalue weighted by Crippen LogP contribution is -2.44. The number of ether oxygens (including phenoxy) is 2. The van der Waals surface area contributed by atoms with Crippen LogP contribution in [0.4, 0.5) is 23.3 Å². The van der Waals surface area contributed by atoms with Crippen molar-refractivity contribution in [3.05, 3.63) is 53.7 Å². The van der Waals surface area contributed by atoms with E-state index in [-0.39, 0.29) is 0 Å². The summed E-state index contributed by atoms with van der Waals surface area (Å²) in [6, 6.07) is 13.7. The van der Waals surface area contributed by atoms with E-state index < -0.39 is 0 Å². The first kappa shape index (κ1) is 26.6. The van der Waals surface area contributed by atoms with E-state index in [0.29, 0.717) is 52.2 Å². The van der Waals surface area contributed by atoms with Crippen molar-refractivity contribution < 1.29 is 13.9 Å². The Morgan fingerprint density at radius 3 is 2.38 bits per heavy atom. The zero-order valence-electron chi connectivity index (χ0n) is 22.5. The maximum Gasteiger partial charge on any atom is 0.295 e. The van der Waals surface area contributed by atoms with Crippen molar-refractivity contribution in [2.45, 2.75) is 6.92 Å². The van der Waals surface area contributed by atoms with Crippen LogP contribution in [0.3, 0.4) is 0 Å². The lowest BCUT2D eigenvalue weighted by atomic mass is 10.1. The number of piperazine rings is 1. The molecule has 2 aromatic heterocycles. The first-order valence-electron chi connectivity index (χ1n) is 12.8. The van der Waals surface area contributed by atoms with Gasteiger partial charge in [-0.15, -0.1) is 0 Å². The van der Waals surface area contributed by atoms with Gasteiger partial charge in [-0.2, -0.15) is 4.98 Å². The third-order valence-corrected chi connectivity index (χ3v) is 6.82. The van der Waals surface area contributed by atoms with Gasteiger partial charge < -0.3 is 34.3 Å². The van der Waals surface area contributed by atoms with Crippen molar-refractivity contribution >= 4 is 34.9 Å². The summed E-state index contributed by atoms with van der Waals surface area (Å²) in [6.07, 6.45) is 1.68. The molecule has 1 saturated heterocycles. The van der Waals surface area contributed by atoms with E-state index >= 15 is 0 Å². The zero-order chi connectivity index (χ0) is 27.4. The van der Waals surface area contributed by atoms with Gasteiger partial charge in [-0.25, -0.2) is 9.97 Å². The molecule has 0 amide bonds. The number of nitrogens with zero attached hydrogens (tertiary/aromatic N) is 5. The van der Waals surface area contributed by atoms with Crippen LogP contribution in [-0.2, 0) is 0 Å². The molecule has 0 radical (unpaired) electrons. The number of methoxy groups -OCH3 is 2. The predicted molar refractivity (Wildman–Crippen MR) is 155 cm³/mol. The summed E-state index contributed by atoms with van der Waals surface area (Å²) in [4.78, 5) is 18.5. The molecule has 10 nitrogen and oxygen atoms in total. The lowest BCUT2D eigenvalue weighted by molar-refractivity contribution is 0.313. The van der Waals surface area contributed by atoms with Crippen LogP contribution in [0.25, 0.3) is 22.7 Å². The number of oxazole rings is 1. The molecular formula is C28H32ClN7O3. The largest absolute Gasteiger partial charge is 0.497 e. The van der Waals surface area contributed by atoms with Gasteiger partial charge in [0.2, 0.25) is 5.95 Å². The molecule has 5 rings (SSSR count). The second-order valence-corrected chi connectivity index (χ2v) is 9.58. The van der Waals surface area contributed by atoms with Gasteiger partial charge >= 0.3 is 0 Å². The Labute approximate surface area is 232 Å². The van der Waals surface area contributed by atoms with E-state index in [1.165, 1.54) is 0 Å². The van der Waals surface area contributed by atoms with Crippen molar-refractivity contribution in [2.24, 2.45) is 0 Å². The van der Waals surface area contributed by atoms with Crippen LogP contribution < -0.4 is 25.0 Å². The number of hydrogen-bond acceptors (Lipinski definition) is 10. The Kier molecular flexibility index (Phi) is 8.04. The fourth-order valence-electron chi connectivity index (χ4n) is 4.42. The molecule has 0 aliphatic carbocycles. The Bertz CT molecular complexity index is 1410.